The third-order valence-corrected chi connectivity index (χ3v) is 3.32. The summed E-state index contributed by atoms with van der Waals surface area (Å²) < 4.78 is 5.33. The van der Waals surface area contributed by atoms with E-state index in [2.05, 4.69) is 20.6 Å². The second-order valence-electron chi connectivity index (χ2n) is 4.56. The van der Waals surface area contributed by atoms with Crippen molar-refractivity contribution in [2.75, 3.05) is 14.2 Å². The first-order valence-electron chi connectivity index (χ1n) is 6.89. The van der Waals surface area contributed by atoms with Crippen molar-refractivity contribution in [3.63, 3.8) is 0 Å². The van der Waals surface area contributed by atoms with Gasteiger partial charge < -0.3 is 15.4 Å². The molecular weight excluding hydrogens is 427 g/mol. The van der Waals surface area contributed by atoms with Crippen LogP contribution >= 0.6 is 35.6 Å². The zero-order chi connectivity index (χ0) is 15.8. The average Bonchev–Trinajstić information content (AvgIpc) is 2.56. The van der Waals surface area contributed by atoms with Crippen LogP contribution in [0.4, 0.5) is 0 Å². The predicted molar refractivity (Wildman–Crippen MR) is 105 cm³/mol. The standard InChI is InChI=1S/C16H19ClN4O.HI/c1-18-16(21-11-14-5-3-4-8-19-14)20-10-12-6-7-13(17)9-15(12)22-2;/h3-9H,10-11H2,1-2H3,(H2,18,20,21);1H. The molecule has 0 aliphatic rings. The van der Waals surface area contributed by atoms with Crippen LogP contribution in [0.2, 0.25) is 5.02 Å². The summed E-state index contributed by atoms with van der Waals surface area (Å²) >= 11 is 5.96. The van der Waals surface area contributed by atoms with Gasteiger partial charge >= 0.3 is 0 Å². The van der Waals surface area contributed by atoms with E-state index in [1.807, 2.05) is 30.3 Å². The highest BCUT2D eigenvalue weighted by molar-refractivity contribution is 14.0. The number of aliphatic imine (C=N–C) groups is 1. The van der Waals surface area contributed by atoms with E-state index in [0.717, 1.165) is 17.0 Å². The molecule has 2 N–H and O–H groups in total. The molecular formula is C16H20ClIN4O. The Bertz CT molecular complexity index is 637. The van der Waals surface area contributed by atoms with Gasteiger partial charge in [-0.05, 0) is 24.3 Å². The molecule has 0 fully saturated rings. The lowest BCUT2D eigenvalue weighted by Crippen LogP contribution is -2.36. The van der Waals surface area contributed by atoms with Gasteiger partial charge in [-0.25, -0.2) is 0 Å². The molecule has 7 heteroatoms. The Morgan fingerprint density at radius 3 is 2.65 bits per heavy atom. The van der Waals surface area contributed by atoms with Gasteiger partial charge in [-0.1, -0.05) is 23.7 Å². The Morgan fingerprint density at radius 2 is 2.00 bits per heavy atom. The maximum absolute atomic E-state index is 5.96. The average molecular weight is 447 g/mol. The first-order chi connectivity index (χ1) is 10.7. The molecule has 0 saturated carbocycles. The molecule has 1 aromatic carbocycles. The number of aromatic nitrogens is 1. The van der Waals surface area contributed by atoms with Gasteiger partial charge in [-0.15, -0.1) is 24.0 Å². The van der Waals surface area contributed by atoms with Crippen molar-refractivity contribution < 1.29 is 4.74 Å². The highest BCUT2D eigenvalue weighted by atomic mass is 127. The monoisotopic (exact) mass is 446 g/mol. The second-order valence-corrected chi connectivity index (χ2v) is 4.99. The third kappa shape index (κ3) is 6.23. The number of hydrogen-bond acceptors (Lipinski definition) is 3. The number of guanidine groups is 1. The molecule has 0 bridgehead atoms. The van der Waals surface area contributed by atoms with Crippen LogP contribution in [0.1, 0.15) is 11.3 Å². The Kier molecular flexibility index (Phi) is 8.71. The topological polar surface area (TPSA) is 58.5 Å². The van der Waals surface area contributed by atoms with Crippen molar-refractivity contribution in [2.24, 2.45) is 4.99 Å². The fraction of sp³-hybridized carbons (Fsp3) is 0.250. The van der Waals surface area contributed by atoms with Gasteiger partial charge in [-0.3, -0.25) is 9.98 Å². The lowest BCUT2D eigenvalue weighted by Gasteiger charge is -2.13. The zero-order valence-electron chi connectivity index (χ0n) is 13.0. The lowest BCUT2D eigenvalue weighted by molar-refractivity contribution is 0.409. The van der Waals surface area contributed by atoms with Gasteiger partial charge in [0.15, 0.2) is 5.96 Å². The van der Waals surface area contributed by atoms with Crippen LogP contribution in [-0.2, 0) is 13.1 Å². The lowest BCUT2D eigenvalue weighted by atomic mass is 10.2. The van der Waals surface area contributed by atoms with Crippen LogP contribution in [0.25, 0.3) is 0 Å². The molecule has 124 valence electrons. The van der Waals surface area contributed by atoms with Gasteiger partial charge in [-0.2, -0.15) is 0 Å². The number of benzene rings is 1. The van der Waals surface area contributed by atoms with Crippen LogP contribution in [-0.4, -0.2) is 25.1 Å². The molecule has 0 atom stereocenters. The number of rotatable bonds is 5. The number of nitrogens with one attached hydrogen (secondary N) is 2. The molecule has 1 heterocycles. The summed E-state index contributed by atoms with van der Waals surface area (Å²) in [4.78, 5) is 8.45. The first kappa shape index (κ1) is 19.5. The minimum atomic E-state index is 0. The highest BCUT2D eigenvalue weighted by Crippen LogP contribution is 2.22. The number of halogens is 2. The summed E-state index contributed by atoms with van der Waals surface area (Å²) in [5.74, 6) is 1.45. The third-order valence-electron chi connectivity index (χ3n) is 3.08. The van der Waals surface area contributed by atoms with Crippen molar-refractivity contribution >= 4 is 41.5 Å². The van der Waals surface area contributed by atoms with Gasteiger partial charge in [0, 0.05) is 30.4 Å². The van der Waals surface area contributed by atoms with E-state index >= 15 is 0 Å². The smallest absolute Gasteiger partial charge is 0.191 e. The van der Waals surface area contributed by atoms with Gasteiger partial charge in [0.2, 0.25) is 0 Å². The summed E-state index contributed by atoms with van der Waals surface area (Å²) in [5.41, 5.74) is 1.96. The number of pyridine rings is 1. The van der Waals surface area contributed by atoms with Gasteiger partial charge in [0.05, 0.1) is 19.3 Å². The van der Waals surface area contributed by atoms with Crippen LogP contribution < -0.4 is 15.4 Å². The Labute approximate surface area is 158 Å². The van der Waals surface area contributed by atoms with E-state index in [1.165, 1.54) is 0 Å². The number of nitrogens with zero attached hydrogens (tertiary/aromatic N) is 2. The number of methoxy groups -OCH3 is 1. The van der Waals surface area contributed by atoms with Crippen LogP contribution in [0, 0.1) is 0 Å². The minimum Gasteiger partial charge on any atom is -0.496 e. The van der Waals surface area contributed by atoms with Crippen LogP contribution in [0.3, 0.4) is 0 Å². The minimum absolute atomic E-state index is 0. The summed E-state index contributed by atoms with van der Waals surface area (Å²) in [5, 5.41) is 7.10. The molecule has 23 heavy (non-hydrogen) atoms. The molecule has 0 saturated heterocycles. The quantitative estimate of drug-likeness (QED) is 0.421. The SMILES string of the molecule is CN=C(NCc1ccccn1)NCc1ccc(Cl)cc1OC.I. The van der Waals surface area contributed by atoms with E-state index in [0.29, 0.717) is 24.1 Å². The van der Waals surface area contributed by atoms with E-state index in [9.17, 15) is 0 Å². The Hall–Kier alpha value is -1.54. The molecule has 0 spiro atoms. The summed E-state index contributed by atoms with van der Waals surface area (Å²) in [7, 11) is 3.36. The molecule has 0 unspecified atom stereocenters. The number of ether oxygens (including phenoxy) is 1. The highest BCUT2D eigenvalue weighted by Gasteiger charge is 2.05. The summed E-state index contributed by atoms with van der Waals surface area (Å²) in [6, 6.07) is 11.4. The fourth-order valence-electron chi connectivity index (χ4n) is 1.94. The molecule has 0 aliphatic heterocycles. The van der Waals surface area contributed by atoms with Crippen molar-refractivity contribution in [1.29, 1.82) is 0 Å². The normalized spacial score (nSPS) is 10.7. The zero-order valence-corrected chi connectivity index (χ0v) is 16.1. The van der Waals surface area contributed by atoms with Crippen molar-refractivity contribution in [3.05, 3.63) is 58.9 Å². The maximum Gasteiger partial charge on any atom is 0.191 e. The van der Waals surface area contributed by atoms with Crippen molar-refractivity contribution in [3.8, 4) is 5.75 Å². The van der Waals surface area contributed by atoms with Crippen molar-refractivity contribution in [1.82, 2.24) is 15.6 Å². The summed E-state index contributed by atoms with van der Waals surface area (Å²) in [6.45, 7) is 1.19. The van der Waals surface area contributed by atoms with Crippen LogP contribution in [0.15, 0.2) is 47.6 Å². The van der Waals surface area contributed by atoms with Gasteiger partial charge in [0.1, 0.15) is 5.75 Å². The van der Waals surface area contributed by atoms with E-state index in [-0.39, 0.29) is 24.0 Å². The Morgan fingerprint density at radius 1 is 1.22 bits per heavy atom. The number of hydrogen-bond donors (Lipinski definition) is 2. The Balaban J connectivity index is 0.00000264. The van der Waals surface area contributed by atoms with Crippen molar-refractivity contribution in [2.45, 2.75) is 13.1 Å². The molecule has 0 aliphatic carbocycles. The molecule has 2 aromatic rings. The molecule has 0 amide bonds. The maximum atomic E-state index is 5.96. The summed E-state index contributed by atoms with van der Waals surface area (Å²) in [6.07, 6.45) is 1.77. The molecule has 5 nitrogen and oxygen atoms in total. The second kappa shape index (κ2) is 10.3. The molecule has 2 rings (SSSR count). The van der Waals surface area contributed by atoms with Crippen LogP contribution in [0.5, 0.6) is 5.75 Å². The van der Waals surface area contributed by atoms with E-state index in [4.69, 9.17) is 16.3 Å². The largest absolute Gasteiger partial charge is 0.496 e. The van der Waals surface area contributed by atoms with E-state index in [1.54, 1.807) is 26.4 Å². The fourth-order valence-corrected chi connectivity index (χ4v) is 2.10. The molecule has 1 aromatic heterocycles. The predicted octanol–water partition coefficient (Wildman–Crippen LogP) is 3.23. The van der Waals surface area contributed by atoms with E-state index < -0.39 is 0 Å². The molecule has 0 radical (unpaired) electrons. The van der Waals surface area contributed by atoms with Gasteiger partial charge in [0.25, 0.3) is 0 Å². The first-order valence-corrected chi connectivity index (χ1v) is 7.27.